The minimum atomic E-state index is -4.63. The molecule has 1 aliphatic heterocycles. The summed E-state index contributed by atoms with van der Waals surface area (Å²) in [5, 5.41) is 0. The highest BCUT2D eigenvalue weighted by molar-refractivity contribution is 5.98. The van der Waals surface area contributed by atoms with Crippen molar-refractivity contribution in [2.24, 2.45) is 0 Å². The van der Waals surface area contributed by atoms with Crippen LogP contribution in [0.2, 0.25) is 0 Å². The van der Waals surface area contributed by atoms with E-state index in [0.717, 1.165) is 31.4 Å². The molecule has 0 spiro atoms. The Labute approximate surface area is 183 Å². The van der Waals surface area contributed by atoms with Gasteiger partial charge in [-0.15, -0.1) is 0 Å². The summed E-state index contributed by atoms with van der Waals surface area (Å²) in [5.74, 6) is -1.29. The van der Waals surface area contributed by atoms with Gasteiger partial charge in [0.15, 0.2) is 0 Å². The van der Waals surface area contributed by atoms with Crippen LogP contribution in [0.5, 0.6) is 0 Å². The van der Waals surface area contributed by atoms with Crippen molar-refractivity contribution in [3.05, 3.63) is 35.4 Å². The minimum absolute atomic E-state index is 0.253. The fourth-order valence-corrected chi connectivity index (χ4v) is 4.01. The number of benzene rings is 1. The van der Waals surface area contributed by atoms with Crippen LogP contribution in [0.15, 0.2) is 24.3 Å². The Kier molecular flexibility index (Phi) is 10.3. The molecule has 1 saturated heterocycles. The topological polar surface area (TPSA) is 46.6 Å². The zero-order valence-electron chi connectivity index (χ0n) is 18.4. The first kappa shape index (κ1) is 25.2. The molecule has 1 heterocycles. The summed E-state index contributed by atoms with van der Waals surface area (Å²) < 4.78 is 45.1. The van der Waals surface area contributed by atoms with Gasteiger partial charge in [0.1, 0.15) is 6.04 Å². The number of halogens is 3. The van der Waals surface area contributed by atoms with Gasteiger partial charge >= 0.3 is 12.1 Å². The lowest BCUT2D eigenvalue weighted by molar-refractivity contribution is -0.148. The molecule has 31 heavy (non-hydrogen) atoms. The Morgan fingerprint density at radius 1 is 1.00 bits per heavy atom. The summed E-state index contributed by atoms with van der Waals surface area (Å²) in [6.45, 7) is 2.73. The quantitative estimate of drug-likeness (QED) is 0.279. The van der Waals surface area contributed by atoms with Gasteiger partial charge in [0.2, 0.25) is 0 Å². The zero-order valence-corrected chi connectivity index (χ0v) is 18.4. The van der Waals surface area contributed by atoms with Gasteiger partial charge in [-0.3, -0.25) is 4.79 Å². The van der Waals surface area contributed by atoms with E-state index in [0.29, 0.717) is 12.8 Å². The maximum Gasteiger partial charge on any atom is 0.417 e. The molecule has 0 aliphatic carbocycles. The number of likely N-dealkylation sites (tertiary alicyclic amines) is 1. The predicted octanol–water partition coefficient (Wildman–Crippen LogP) is 6.38. The molecule has 1 aromatic carbocycles. The van der Waals surface area contributed by atoms with Crippen LogP contribution in [-0.4, -0.2) is 36.0 Å². The second-order valence-electron chi connectivity index (χ2n) is 8.20. The molecule has 0 N–H and O–H groups in total. The fraction of sp³-hybridized carbons (Fsp3) is 0.667. The number of nitrogens with zero attached hydrogens (tertiary/aromatic N) is 1. The number of esters is 1. The number of amides is 1. The van der Waals surface area contributed by atoms with Crippen molar-refractivity contribution in [3.63, 3.8) is 0 Å². The number of hydrogen-bond acceptors (Lipinski definition) is 3. The second-order valence-corrected chi connectivity index (χ2v) is 8.20. The van der Waals surface area contributed by atoms with E-state index in [1.54, 1.807) is 0 Å². The average molecular weight is 442 g/mol. The van der Waals surface area contributed by atoms with Crippen LogP contribution in [0, 0.1) is 0 Å². The largest absolute Gasteiger partial charge is 0.464 e. The molecule has 0 radical (unpaired) electrons. The lowest BCUT2D eigenvalue weighted by Crippen LogP contribution is -2.42. The standard InChI is InChI=1S/C24H34F3NO3/c1-2-3-4-5-6-7-8-9-12-18-31-23(30)21-16-13-17-28(21)22(29)19-14-10-11-15-20(19)24(25,26)27/h10-11,14-15,21H,2-9,12-13,16-18H2,1H3. The molecule has 174 valence electrons. The van der Waals surface area contributed by atoms with Crippen molar-refractivity contribution < 1.29 is 27.5 Å². The van der Waals surface area contributed by atoms with Crippen molar-refractivity contribution in [2.45, 2.75) is 89.8 Å². The van der Waals surface area contributed by atoms with Crippen LogP contribution >= 0.6 is 0 Å². The molecule has 0 aromatic heterocycles. The number of alkyl halides is 3. The van der Waals surface area contributed by atoms with Crippen molar-refractivity contribution in [2.75, 3.05) is 13.2 Å². The number of carbonyl (C=O) groups excluding carboxylic acids is 2. The van der Waals surface area contributed by atoms with Crippen molar-refractivity contribution >= 4 is 11.9 Å². The first-order chi connectivity index (χ1) is 14.9. The second kappa shape index (κ2) is 12.7. The SMILES string of the molecule is CCCCCCCCCCCOC(=O)C1CCCN1C(=O)c1ccccc1C(F)(F)F. The maximum atomic E-state index is 13.3. The molecule has 1 fully saturated rings. The number of unbranched alkanes of at least 4 members (excludes halogenated alkanes) is 8. The molecule has 1 atom stereocenters. The summed E-state index contributed by atoms with van der Waals surface area (Å²) in [7, 11) is 0. The van der Waals surface area contributed by atoms with Gasteiger partial charge in [0, 0.05) is 6.54 Å². The van der Waals surface area contributed by atoms with Gasteiger partial charge in [0.25, 0.3) is 5.91 Å². The monoisotopic (exact) mass is 441 g/mol. The molecule has 0 bridgehead atoms. The van der Waals surface area contributed by atoms with E-state index in [1.165, 1.54) is 55.6 Å². The minimum Gasteiger partial charge on any atom is -0.464 e. The lowest BCUT2D eigenvalue weighted by Gasteiger charge is -2.24. The van der Waals surface area contributed by atoms with E-state index in [-0.39, 0.29) is 13.2 Å². The number of rotatable bonds is 12. The summed E-state index contributed by atoms with van der Waals surface area (Å²) in [6, 6.07) is 3.89. The van der Waals surface area contributed by atoms with Crippen LogP contribution in [0.4, 0.5) is 13.2 Å². The lowest BCUT2D eigenvalue weighted by atomic mass is 10.1. The predicted molar refractivity (Wildman–Crippen MR) is 114 cm³/mol. The Morgan fingerprint density at radius 3 is 2.26 bits per heavy atom. The van der Waals surface area contributed by atoms with Crippen LogP contribution in [0.3, 0.4) is 0 Å². The van der Waals surface area contributed by atoms with Gasteiger partial charge < -0.3 is 9.64 Å². The Bertz CT molecular complexity index is 706. The van der Waals surface area contributed by atoms with E-state index in [4.69, 9.17) is 4.74 Å². The molecule has 1 unspecified atom stereocenters. The molecular weight excluding hydrogens is 407 g/mol. The molecule has 7 heteroatoms. The third-order valence-electron chi connectivity index (χ3n) is 5.74. The number of ether oxygens (including phenoxy) is 1. The highest BCUT2D eigenvalue weighted by Gasteiger charge is 2.40. The first-order valence-electron chi connectivity index (χ1n) is 11.5. The molecular formula is C24H34F3NO3. The molecule has 0 saturated carbocycles. The summed E-state index contributed by atoms with van der Waals surface area (Å²) in [5.41, 5.74) is -1.40. The average Bonchev–Trinajstić information content (AvgIpc) is 3.24. The van der Waals surface area contributed by atoms with Crippen LogP contribution in [0.25, 0.3) is 0 Å². The zero-order chi connectivity index (χ0) is 22.7. The Hall–Kier alpha value is -2.05. The third kappa shape index (κ3) is 7.86. The summed E-state index contributed by atoms with van der Waals surface area (Å²) in [6.07, 6.45) is 6.70. The van der Waals surface area contributed by atoms with Crippen molar-refractivity contribution in [1.82, 2.24) is 4.90 Å². The molecule has 4 nitrogen and oxygen atoms in total. The molecule has 1 amide bonds. The van der Waals surface area contributed by atoms with Crippen LogP contribution in [0.1, 0.15) is 93.5 Å². The van der Waals surface area contributed by atoms with E-state index >= 15 is 0 Å². The van der Waals surface area contributed by atoms with Gasteiger partial charge in [-0.1, -0.05) is 70.4 Å². The maximum absolute atomic E-state index is 13.3. The van der Waals surface area contributed by atoms with Crippen LogP contribution in [-0.2, 0) is 15.7 Å². The Morgan fingerprint density at radius 2 is 1.61 bits per heavy atom. The number of carbonyl (C=O) groups is 2. The summed E-state index contributed by atoms with van der Waals surface area (Å²) in [4.78, 5) is 26.5. The van der Waals surface area contributed by atoms with Crippen LogP contribution < -0.4 is 0 Å². The fourth-order valence-electron chi connectivity index (χ4n) is 4.01. The van der Waals surface area contributed by atoms with E-state index in [2.05, 4.69) is 6.92 Å². The summed E-state index contributed by atoms with van der Waals surface area (Å²) >= 11 is 0. The van der Waals surface area contributed by atoms with E-state index < -0.39 is 35.2 Å². The smallest absolute Gasteiger partial charge is 0.417 e. The highest BCUT2D eigenvalue weighted by Crippen LogP contribution is 2.33. The van der Waals surface area contributed by atoms with E-state index in [1.807, 2.05) is 0 Å². The molecule has 1 aliphatic rings. The first-order valence-corrected chi connectivity index (χ1v) is 11.5. The number of hydrogen-bond donors (Lipinski definition) is 0. The highest BCUT2D eigenvalue weighted by atomic mass is 19.4. The third-order valence-corrected chi connectivity index (χ3v) is 5.74. The molecule has 1 aromatic rings. The van der Waals surface area contributed by atoms with Crippen molar-refractivity contribution in [3.8, 4) is 0 Å². The van der Waals surface area contributed by atoms with E-state index in [9.17, 15) is 22.8 Å². The normalized spacial score (nSPS) is 16.5. The van der Waals surface area contributed by atoms with Gasteiger partial charge in [-0.05, 0) is 31.4 Å². The van der Waals surface area contributed by atoms with Crippen molar-refractivity contribution in [1.29, 1.82) is 0 Å². The Balaban J connectivity index is 1.78. The van der Waals surface area contributed by atoms with Gasteiger partial charge in [-0.25, -0.2) is 4.79 Å². The molecule has 2 rings (SSSR count). The van der Waals surface area contributed by atoms with Gasteiger partial charge in [-0.2, -0.15) is 13.2 Å². The van der Waals surface area contributed by atoms with Gasteiger partial charge in [0.05, 0.1) is 17.7 Å².